The van der Waals surface area contributed by atoms with Crippen molar-refractivity contribution in [1.82, 2.24) is 20.2 Å². The molecule has 1 aliphatic heterocycles. The van der Waals surface area contributed by atoms with Crippen molar-refractivity contribution in [2.24, 2.45) is 5.73 Å². The van der Waals surface area contributed by atoms with Gasteiger partial charge in [0.1, 0.15) is 18.4 Å². The van der Waals surface area contributed by atoms with Crippen LogP contribution in [0.2, 0.25) is 5.02 Å². The van der Waals surface area contributed by atoms with Crippen molar-refractivity contribution in [3.63, 3.8) is 0 Å². The molecule has 0 fully saturated rings. The molecule has 0 saturated heterocycles. The average molecular weight is 476 g/mol. The van der Waals surface area contributed by atoms with E-state index in [1.54, 1.807) is 13.0 Å². The summed E-state index contributed by atoms with van der Waals surface area (Å²) < 4.78 is 8.41. The van der Waals surface area contributed by atoms with Gasteiger partial charge in [0.15, 0.2) is 0 Å². The number of benzene rings is 2. The highest BCUT2D eigenvalue weighted by molar-refractivity contribution is 9.10. The van der Waals surface area contributed by atoms with Crippen molar-refractivity contribution in [2.45, 2.75) is 19.6 Å². The predicted octanol–water partition coefficient (Wildman–Crippen LogP) is 3.44. The van der Waals surface area contributed by atoms with E-state index < -0.39 is 11.9 Å². The second kappa shape index (κ2) is 7.84. The number of allylic oxidation sites excluding steroid dienone is 1. The summed E-state index contributed by atoms with van der Waals surface area (Å²) in [7, 11) is 0. The first-order valence-corrected chi connectivity index (χ1v) is 9.84. The number of nitrogens with zero attached hydrogens (tertiary/aromatic N) is 4. The summed E-state index contributed by atoms with van der Waals surface area (Å²) in [5.41, 5.74) is 8.17. The second-order valence-electron chi connectivity index (χ2n) is 6.44. The minimum Gasteiger partial charge on any atom is -0.488 e. The van der Waals surface area contributed by atoms with E-state index in [-0.39, 0.29) is 6.61 Å². The Labute approximate surface area is 179 Å². The third-order valence-electron chi connectivity index (χ3n) is 4.59. The monoisotopic (exact) mass is 474 g/mol. The van der Waals surface area contributed by atoms with E-state index in [2.05, 4.69) is 36.8 Å². The van der Waals surface area contributed by atoms with E-state index >= 15 is 0 Å². The minimum absolute atomic E-state index is 0.260. The van der Waals surface area contributed by atoms with Gasteiger partial charge < -0.3 is 15.8 Å². The van der Waals surface area contributed by atoms with Crippen LogP contribution in [-0.4, -0.2) is 26.1 Å². The van der Waals surface area contributed by atoms with Gasteiger partial charge in [0, 0.05) is 26.3 Å². The maximum atomic E-state index is 12.3. The van der Waals surface area contributed by atoms with Crippen LogP contribution < -0.4 is 15.8 Å². The Morgan fingerprint density at radius 3 is 2.90 bits per heavy atom. The number of primary amides is 1. The number of carbonyl (C=O) groups excluding carboxylic acids is 1. The molecule has 10 heteroatoms. The lowest BCUT2D eigenvalue weighted by Gasteiger charge is -2.28. The maximum absolute atomic E-state index is 12.3. The highest BCUT2D eigenvalue weighted by atomic mass is 79.9. The fourth-order valence-corrected chi connectivity index (χ4v) is 3.82. The van der Waals surface area contributed by atoms with E-state index in [4.69, 9.17) is 22.1 Å². The second-order valence-corrected chi connectivity index (χ2v) is 7.76. The molecule has 1 aliphatic rings. The Hall–Kier alpha value is -2.91. The lowest BCUT2D eigenvalue weighted by atomic mass is 9.94. The number of fused-ring (bicyclic) bond motifs is 1. The van der Waals surface area contributed by atoms with Crippen molar-refractivity contribution in [3.8, 4) is 5.75 Å². The molecular weight excluding hydrogens is 460 g/mol. The molecule has 29 heavy (non-hydrogen) atoms. The Morgan fingerprint density at radius 2 is 2.14 bits per heavy atom. The first-order valence-electron chi connectivity index (χ1n) is 8.67. The summed E-state index contributed by atoms with van der Waals surface area (Å²) in [5.74, 6) is 0.403. The largest absolute Gasteiger partial charge is 0.488 e. The number of amides is 1. The SMILES string of the molecule is CC1=C(C(N)=O)C(c2cc(Br)ccc2OCc2ccccc2Cl)n2nnnc2N1. The molecule has 4 rings (SSSR count). The molecule has 2 aromatic carbocycles. The zero-order chi connectivity index (χ0) is 20.5. The first kappa shape index (κ1) is 19.4. The number of carbonyl (C=O) groups is 1. The van der Waals surface area contributed by atoms with Crippen molar-refractivity contribution in [2.75, 3.05) is 5.32 Å². The lowest BCUT2D eigenvalue weighted by Crippen LogP contribution is -2.32. The van der Waals surface area contributed by atoms with E-state index in [0.717, 1.165) is 10.0 Å². The number of tetrazole rings is 1. The van der Waals surface area contributed by atoms with Crippen LogP contribution in [0, 0.1) is 0 Å². The van der Waals surface area contributed by atoms with Gasteiger partial charge >= 0.3 is 0 Å². The third-order valence-corrected chi connectivity index (χ3v) is 5.45. The van der Waals surface area contributed by atoms with Gasteiger partial charge in [0.05, 0.1) is 5.57 Å². The van der Waals surface area contributed by atoms with Gasteiger partial charge in [-0.3, -0.25) is 4.79 Å². The van der Waals surface area contributed by atoms with Crippen LogP contribution in [0.1, 0.15) is 24.1 Å². The fourth-order valence-electron chi connectivity index (χ4n) is 3.25. The maximum Gasteiger partial charge on any atom is 0.248 e. The molecule has 1 amide bonds. The number of ether oxygens (including phenoxy) is 1. The number of hydrogen-bond donors (Lipinski definition) is 2. The summed E-state index contributed by atoms with van der Waals surface area (Å²) in [6.45, 7) is 2.02. The molecule has 148 valence electrons. The normalized spacial score (nSPS) is 15.6. The third kappa shape index (κ3) is 3.70. The van der Waals surface area contributed by atoms with Gasteiger partial charge in [-0.05, 0) is 41.6 Å². The van der Waals surface area contributed by atoms with Crippen molar-refractivity contribution < 1.29 is 9.53 Å². The standard InChI is InChI=1S/C19H16BrClN6O2/c1-10-16(18(22)28)17(27-19(23-10)24-25-26-27)13-8-12(20)6-7-15(13)29-9-11-4-2-3-5-14(11)21/h2-8,17H,9H2,1H3,(H2,22,28)(H,23,24,26). The van der Waals surface area contributed by atoms with Gasteiger partial charge in [-0.1, -0.05) is 50.8 Å². The topological polar surface area (TPSA) is 108 Å². The molecule has 1 aromatic heterocycles. The van der Waals surface area contributed by atoms with Crippen LogP contribution >= 0.6 is 27.5 Å². The molecule has 3 aromatic rings. The Balaban J connectivity index is 1.79. The van der Waals surface area contributed by atoms with Crippen LogP contribution in [0.25, 0.3) is 0 Å². The molecule has 3 N–H and O–H groups in total. The first-order chi connectivity index (χ1) is 14.0. The van der Waals surface area contributed by atoms with Crippen LogP contribution in [0.15, 0.2) is 58.2 Å². The summed E-state index contributed by atoms with van der Waals surface area (Å²) in [4.78, 5) is 12.3. The Morgan fingerprint density at radius 1 is 1.34 bits per heavy atom. The highest BCUT2D eigenvalue weighted by Gasteiger charge is 2.35. The van der Waals surface area contributed by atoms with E-state index in [0.29, 0.717) is 33.6 Å². The van der Waals surface area contributed by atoms with Crippen molar-refractivity contribution >= 4 is 39.4 Å². The molecule has 1 atom stereocenters. The van der Waals surface area contributed by atoms with Crippen LogP contribution in [0.3, 0.4) is 0 Å². The van der Waals surface area contributed by atoms with Crippen molar-refractivity contribution in [3.05, 3.63) is 74.4 Å². The van der Waals surface area contributed by atoms with Crippen LogP contribution in [0.4, 0.5) is 5.95 Å². The van der Waals surface area contributed by atoms with E-state index in [1.807, 2.05) is 36.4 Å². The average Bonchev–Trinajstić information content (AvgIpc) is 3.14. The number of nitrogens with one attached hydrogen (secondary N) is 1. The predicted molar refractivity (Wildman–Crippen MR) is 111 cm³/mol. The fraction of sp³-hybridized carbons (Fsp3) is 0.158. The van der Waals surface area contributed by atoms with E-state index in [9.17, 15) is 4.79 Å². The molecule has 0 saturated carbocycles. The number of hydrogen-bond acceptors (Lipinski definition) is 6. The van der Waals surface area contributed by atoms with Gasteiger partial charge in [0.2, 0.25) is 11.9 Å². The molecule has 2 heterocycles. The van der Waals surface area contributed by atoms with Gasteiger partial charge in [-0.25, -0.2) is 0 Å². The Kier molecular flexibility index (Phi) is 5.25. The molecule has 8 nitrogen and oxygen atoms in total. The number of anilines is 1. The van der Waals surface area contributed by atoms with Gasteiger partial charge in [-0.15, -0.1) is 0 Å². The van der Waals surface area contributed by atoms with Gasteiger partial charge in [0.25, 0.3) is 0 Å². The molecular formula is C19H16BrClN6O2. The highest BCUT2D eigenvalue weighted by Crippen LogP contribution is 2.39. The molecule has 0 spiro atoms. The molecule has 0 radical (unpaired) electrons. The van der Waals surface area contributed by atoms with Crippen molar-refractivity contribution in [1.29, 1.82) is 0 Å². The zero-order valence-corrected chi connectivity index (χ0v) is 17.6. The van der Waals surface area contributed by atoms with Crippen LogP contribution in [-0.2, 0) is 11.4 Å². The number of nitrogens with two attached hydrogens (primary N) is 1. The molecule has 1 unspecified atom stereocenters. The van der Waals surface area contributed by atoms with Crippen LogP contribution in [0.5, 0.6) is 5.75 Å². The Bertz CT molecular complexity index is 1130. The zero-order valence-electron chi connectivity index (χ0n) is 15.3. The summed E-state index contributed by atoms with van der Waals surface area (Å²) in [6.07, 6.45) is 0. The summed E-state index contributed by atoms with van der Waals surface area (Å²) in [6, 6.07) is 12.3. The lowest BCUT2D eigenvalue weighted by molar-refractivity contribution is -0.115. The minimum atomic E-state index is -0.641. The number of halogens is 2. The molecule has 0 aliphatic carbocycles. The summed E-state index contributed by atoms with van der Waals surface area (Å²) in [5, 5.41) is 15.4. The van der Waals surface area contributed by atoms with Gasteiger partial charge in [-0.2, -0.15) is 4.68 Å². The quantitative estimate of drug-likeness (QED) is 0.585. The number of rotatable bonds is 5. The molecule has 0 bridgehead atoms. The van der Waals surface area contributed by atoms with E-state index in [1.165, 1.54) is 4.68 Å². The number of aromatic nitrogens is 4. The smallest absolute Gasteiger partial charge is 0.248 e. The summed E-state index contributed by atoms with van der Waals surface area (Å²) >= 11 is 9.73.